The van der Waals surface area contributed by atoms with Crippen LogP contribution < -0.4 is 15.8 Å². The Morgan fingerprint density at radius 3 is 3.05 bits per heavy atom. The van der Waals surface area contributed by atoms with Crippen LogP contribution in [0.3, 0.4) is 0 Å². The van der Waals surface area contributed by atoms with Crippen molar-refractivity contribution in [3.05, 3.63) is 23.8 Å². The Bertz CT molecular complexity index is 448. The molecule has 1 aliphatic rings. The molecule has 0 saturated heterocycles. The maximum Gasteiger partial charge on any atom is 0.262 e. The highest BCUT2D eigenvalue weighted by Gasteiger charge is 2.15. The van der Waals surface area contributed by atoms with Gasteiger partial charge >= 0.3 is 0 Å². The van der Waals surface area contributed by atoms with Crippen LogP contribution in [0.25, 0.3) is 0 Å². The molecular formula is C14H21N3O2. The molecule has 1 amide bonds. The van der Waals surface area contributed by atoms with Gasteiger partial charge in [0.05, 0.1) is 5.69 Å². The first-order chi connectivity index (χ1) is 9.19. The Labute approximate surface area is 113 Å². The number of ether oxygens (including phenoxy) is 1. The van der Waals surface area contributed by atoms with Crippen molar-refractivity contribution in [3.63, 3.8) is 0 Å². The number of carbonyl (C=O) groups excluding carboxylic acids is 1. The van der Waals surface area contributed by atoms with Gasteiger partial charge < -0.3 is 20.7 Å². The molecule has 0 spiro atoms. The van der Waals surface area contributed by atoms with Crippen LogP contribution in [-0.2, 0) is 11.2 Å². The van der Waals surface area contributed by atoms with E-state index >= 15 is 0 Å². The molecule has 0 fully saturated rings. The summed E-state index contributed by atoms with van der Waals surface area (Å²) in [6.07, 6.45) is 1.97. The van der Waals surface area contributed by atoms with Gasteiger partial charge in [-0.3, -0.25) is 4.79 Å². The Kier molecular flexibility index (Phi) is 4.76. The molecule has 104 valence electrons. The van der Waals surface area contributed by atoms with Crippen LogP contribution in [0.15, 0.2) is 18.2 Å². The summed E-state index contributed by atoms with van der Waals surface area (Å²) in [6.45, 7) is 2.83. The molecular weight excluding hydrogens is 242 g/mol. The van der Waals surface area contributed by atoms with E-state index in [1.54, 1.807) is 0 Å². The molecule has 3 N–H and O–H groups in total. The summed E-state index contributed by atoms with van der Waals surface area (Å²) in [5.41, 5.74) is 7.47. The van der Waals surface area contributed by atoms with Crippen LogP contribution in [0.2, 0.25) is 0 Å². The first kappa shape index (κ1) is 13.8. The Morgan fingerprint density at radius 1 is 1.42 bits per heavy atom. The fourth-order valence-corrected chi connectivity index (χ4v) is 2.08. The van der Waals surface area contributed by atoms with Crippen LogP contribution in [0, 0.1) is 0 Å². The van der Waals surface area contributed by atoms with E-state index in [0.717, 1.165) is 43.9 Å². The van der Waals surface area contributed by atoms with Gasteiger partial charge in [-0.25, -0.2) is 0 Å². The Hall–Kier alpha value is -1.59. The molecule has 2 rings (SSSR count). The van der Waals surface area contributed by atoms with Gasteiger partial charge in [0.15, 0.2) is 6.61 Å². The molecule has 5 nitrogen and oxygen atoms in total. The molecule has 0 unspecified atom stereocenters. The van der Waals surface area contributed by atoms with Crippen LogP contribution >= 0.6 is 0 Å². The summed E-state index contributed by atoms with van der Waals surface area (Å²) in [5, 5.41) is 2.83. The number of amides is 1. The molecule has 0 saturated carbocycles. The van der Waals surface area contributed by atoms with Crippen molar-refractivity contribution < 1.29 is 9.53 Å². The van der Waals surface area contributed by atoms with E-state index in [4.69, 9.17) is 10.5 Å². The fourth-order valence-electron chi connectivity index (χ4n) is 2.08. The SMILES string of the molecule is CN(CCCN)CCc1ccc2c(c1)NC(=O)CO2. The number of nitrogens with zero attached hydrogens (tertiary/aromatic N) is 1. The van der Waals surface area contributed by atoms with Crippen molar-refractivity contribution in [1.29, 1.82) is 0 Å². The van der Waals surface area contributed by atoms with E-state index in [9.17, 15) is 4.79 Å². The molecule has 1 aliphatic heterocycles. The van der Waals surface area contributed by atoms with E-state index < -0.39 is 0 Å². The molecule has 0 bridgehead atoms. The molecule has 1 aromatic rings. The number of carbonyl (C=O) groups is 1. The number of rotatable bonds is 6. The highest BCUT2D eigenvalue weighted by Crippen LogP contribution is 2.28. The van der Waals surface area contributed by atoms with E-state index in [-0.39, 0.29) is 12.5 Å². The lowest BCUT2D eigenvalue weighted by molar-refractivity contribution is -0.118. The second-order valence-corrected chi connectivity index (χ2v) is 4.86. The highest BCUT2D eigenvalue weighted by atomic mass is 16.5. The summed E-state index contributed by atoms with van der Waals surface area (Å²) >= 11 is 0. The molecule has 0 atom stereocenters. The van der Waals surface area contributed by atoms with Crippen LogP contribution in [0.1, 0.15) is 12.0 Å². The van der Waals surface area contributed by atoms with Gasteiger partial charge in [-0.05, 0) is 50.7 Å². The second kappa shape index (κ2) is 6.54. The van der Waals surface area contributed by atoms with Gasteiger partial charge in [0.25, 0.3) is 5.91 Å². The van der Waals surface area contributed by atoms with Crippen LogP contribution in [-0.4, -0.2) is 44.1 Å². The van der Waals surface area contributed by atoms with E-state index in [0.29, 0.717) is 0 Å². The number of hydrogen-bond acceptors (Lipinski definition) is 4. The number of likely N-dealkylation sites (N-methyl/N-ethyl adjacent to an activating group) is 1. The van der Waals surface area contributed by atoms with Gasteiger partial charge in [0.2, 0.25) is 0 Å². The average Bonchev–Trinajstić information content (AvgIpc) is 2.42. The van der Waals surface area contributed by atoms with Crippen LogP contribution in [0.4, 0.5) is 5.69 Å². The normalized spacial score (nSPS) is 13.9. The predicted octanol–water partition coefficient (Wildman–Crippen LogP) is 0.841. The van der Waals surface area contributed by atoms with Crippen molar-refractivity contribution >= 4 is 11.6 Å². The van der Waals surface area contributed by atoms with E-state index in [2.05, 4.69) is 17.3 Å². The number of nitrogens with two attached hydrogens (primary N) is 1. The molecule has 19 heavy (non-hydrogen) atoms. The second-order valence-electron chi connectivity index (χ2n) is 4.86. The van der Waals surface area contributed by atoms with Crippen molar-refractivity contribution in [2.24, 2.45) is 5.73 Å². The largest absolute Gasteiger partial charge is 0.482 e. The highest BCUT2D eigenvalue weighted by molar-refractivity contribution is 5.95. The molecule has 0 radical (unpaired) electrons. The molecule has 0 aliphatic carbocycles. The lowest BCUT2D eigenvalue weighted by atomic mass is 10.1. The number of nitrogens with one attached hydrogen (secondary N) is 1. The first-order valence-electron chi connectivity index (χ1n) is 6.63. The van der Waals surface area contributed by atoms with Crippen molar-refractivity contribution in [2.75, 3.05) is 38.6 Å². The third-order valence-corrected chi connectivity index (χ3v) is 3.20. The topological polar surface area (TPSA) is 67.6 Å². The molecule has 1 aromatic carbocycles. The van der Waals surface area contributed by atoms with Crippen molar-refractivity contribution in [1.82, 2.24) is 4.90 Å². The molecule has 5 heteroatoms. The molecule has 0 aromatic heterocycles. The zero-order valence-electron chi connectivity index (χ0n) is 11.3. The standard InChI is InChI=1S/C14H21N3O2/c1-17(7-2-6-15)8-5-11-3-4-13-12(9-11)16-14(18)10-19-13/h3-4,9H,2,5-8,10,15H2,1H3,(H,16,18). The van der Waals surface area contributed by atoms with Crippen molar-refractivity contribution in [3.8, 4) is 5.75 Å². The molecule has 1 heterocycles. The number of benzene rings is 1. The third-order valence-electron chi connectivity index (χ3n) is 3.20. The van der Waals surface area contributed by atoms with Crippen molar-refractivity contribution in [2.45, 2.75) is 12.8 Å². The zero-order valence-corrected chi connectivity index (χ0v) is 11.3. The smallest absolute Gasteiger partial charge is 0.262 e. The summed E-state index contributed by atoms with van der Waals surface area (Å²) in [4.78, 5) is 13.5. The maximum atomic E-state index is 11.3. The predicted molar refractivity (Wildman–Crippen MR) is 75.4 cm³/mol. The maximum absolute atomic E-state index is 11.3. The average molecular weight is 263 g/mol. The number of hydrogen-bond donors (Lipinski definition) is 2. The minimum atomic E-state index is -0.0929. The first-order valence-corrected chi connectivity index (χ1v) is 6.63. The van der Waals surface area contributed by atoms with Gasteiger partial charge in [-0.15, -0.1) is 0 Å². The summed E-state index contributed by atoms with van der Waals surface area (Å²) in [7, 11) is 2.10. The van der Waals surface area contributed by atoms with Crippen LogP contribution in [0.5, 0.6) is 5.75 Å². The minimum absolute atomic E-state index is 0.0929. The Morgan fingerprint density at radius 2 is 2.26 bits per heavy atom. The Balaban J connectivity index is 1.91. The number of anilines is 1. The van der Waals surface area contributed by atoms with E-state index in [1.807, 2.05) is 18.2 Å². The zero-order chi connectivity index (χ0) is 13.7. The third kappa shape index (κ3) is 3.94. The fraction of sp³-hybridized carbons (Fsp3) is 0.500. The summed E-state index contributed by atoms with van der Waals surface area (Å²) in [6, 6.07) is 5.96. The quantitative estimate of drug-likeness (QED) is 0.798. The summed E-state index contributed by atoms with van der Waals surface area (Å²) in [5.74, 6) is 0.657. The lowest BCUT2D eigenvalue weighted by Crippen LogP contribution is -2.26. The monoisotopic (exact) mass is 263 g/mol. The van der Waals surface area contributed by atoms with E-state index in [1.165, 1.54) is 5.56 Å². The lowest BCUT2D eigenvalue weighted by Gasteiger charge is -2.19. The summed E-state index contributed by atoms with van der Waals surface area (Å²) < 4.78 is 5.33. The van der Waals surface area contributed by atoms with Gasteiger partial charge in [-0.2, -0.15) is 0 Å². The van der Waals surface area contributed by atoms with Gasteiger partial charge in [0, 0.05) is 6.54 Å². The minimum Gasteiger partial charge on any atom is -0.482 e. The number of fused-ring (bicyclic) bond motifs is 1. The van der Waals surface area contributed by atoms with Gasteiger partial charge in [0.1, 0.15) is 5.75 Å². The van der Waals surface area contributed by atoms with Gasteiger partial charge in [-0.1, -0.05) is 6.07 Å².